The van der Waals surface area contributed by atoms with Gasteiger partial charge >= 0.3 is 5.97 Å². The number of carbonyl (C=O) groups is 1. The average molecular weight is 295 g/mol. The summed E-state index contributed by atoms with van der Waals surface area (Å²) in [6, 6.07) is 4.58. The molecule has 0 aliphatic heterocycles. The molecule has 0 radical (unpaired) electrons. The van der Waals surface area contributed by atoms with E-state index in [1.807, 2.05) is 0 Å². The number of esters is 1. The molecule has 2 aromatic rings. The van der Waals surface area contributed by atoms with E-state index in [1.54, 1.807) is 19.9 Å². The van der Waals surface area contributed by atoms with Crippen molar-refractivity contribution in [2.24, 2.45) is 0 Å². The zero-order chi connectivity index (χ0) is 14.7. The number of halogens is 1. The minimum atomic E-state index is -0.462. The summed E-state index contributed by atoms with van der Waals surface area (Å²) >= 11 is 1.32. The van der Waals surface area contributed by atoms with Crippen LogP contribution in [0.15, 0.2) is 18.2 Å². The third-order valence-corrected chi connectivity index (χ3v) is 3.68. The summed E-state index contributed by atoms with van der Waals surface area (Å²) in [5, 5.41) is 0.576. The van der Waals surface area contributed by atoms with E-state index in [0.717, 1.165) is 4.88 Å². The van der Waals surface area contributed by atoms with Crippen molar-refractivity contribution >= 4 is 17.3 Å². The van der Waals surface area contributed by atoms with Crippen molar-refractivity contribution in [2.45, 2.75) is 13.8 Å². The first-order valence-corrected chi connectivity index (χ1v) is 6.87. The molecule has 20 heavy (non-hydrogen) atoms. The molecule has 0 N–H and O–H groups in total. The number of benzene rings is 1. The molecule has 6 heteroatoms. The molecular formula is C14H14FNO3S. The van der Waals surface area contributed by atoms with Gasteiger partial charge < -0.3 is 9.47 Å². The minimum absolute atomic E-state index is 0.174. The number of ether oxygens (including phenoxy) is 2. The Hall–Kier alpha value is -1.95. The summed E-state index contributed by atoms with van der Waals surface area (Å²) in [6.45, 7) is 3.81. The van der Waals surface area contributed by atoms with Gasteiger partial charge in [0, 0.05) is 10.4 Å². The summed E-state index contributed by atoms with van der Waals surface area (Å²) in [6.07, 6.45) is 0. The zero-order valence-corrected chi connectivity index (χ0v) is 12.2. The van der Waals surface area contributed by atoms with E-state index in [1.165, 1.54) is 30.6 Å². The normalized spacial score (nSPS) is 10.4. The molecule has 0 aliphatic carbocycles. The van der Waals surface area contributed by atoms with Crippen molar-refractivity contribution in [3.63, 3.8) is 0 Å². The summed E-state index contributed by atoms with van der Waals surface area (Å²) in [5.41, 5.74) is 0.884. The van der Waals surface area contributed by atoms with Crippen LogP contribution in [0.5, 0.6) is 5.75 Å². The molecule has 0 spiro atoms. The predicted molar refractivity (Wildman–Crippen MR) is 74.8 cm³/mol. The highest BCUT2D eigenvalue weighted by atomic mass is 32.1. The molecular weight excluding hydrogens is 281 g/mol. The highest BCUT2D eigenvalue weighted by molar-refractivity contribution is 7.15. The monoisotopic (exact) mass is 295 g/mol. The van der Waals surface area contributed by atoms with Crippen molar-refractivity contribution in [1.82, 2.24) is 4.98 Å². The summed E-state index contributed by atoms with van der Waals surface area (Å²) < 4.78 is 23.5. The van der Waals surface area contributed by atoms with Crippen LogP contribution in [0.2, 0.25) is 0 Å². The number of hydrogen-bond donors (Lipinski definition) is 0. The lowest BCUT2D eigenvalue weighted by molar-refractivity contribution is 0.0519. The van der Waals surface area contributed by atoms with Gasteiger partial charge in [-0.15, -0.1) is 11.3 Å². The SMILES string of the molecule is CCOC(=O)c1nc(-c2ccc(OC)c(F)c2)sc1C. The van der Waals surface area contributed by atoms with Crippen LogP contribution in [-0.4, -0.2) is 24.7 Å². The maximum Gasteiger partial charge on any atom is 0.358 e. The molecule has 0 fully saturated rings. The Morgan fingerprint density at radius 1 is 1.45 bits per heavy atom. The van der Waals surface area contributed by atoms with Crippen LogP contribution in [0, 0.1) is 12.7 Å². The maximum absolute atomic E-state index is 13.7. The van der Waals surface area contributed by atoms with E-state index in [0.29, 0.717) is 17.2 Å². The molecule has 106 valence electrons. The van der Waals surface area contributed by atoms with Crippen LogP contribution in [-0.2, 0) is 4.74 Å². The Morgan fingerprint density at radius 3 is 2.80 bits per heavy atom. The number of rotatable bonds is 4. The molecule has 1 heterocycles. The number of hydrogen-bond acceptors (Lipinski definition) is 5. The summed E-state index contributed by atoms with van der Waals surface area (Å²) in [4.78, 5) is 16.7. The highest BCUT2D eigenvalue weighted by Crippen LogP contribution is 2.30. The van der Waals surface area contributed by atoms with Gasteiger partial charge in [0.15, 0.2) is 17.3 Å². The Balaban J connectivity index is 2.37. The maximum atomic E-state index is 13.7. The number of methoxy groups -OCH3 is 1. The van der Waals surface area contributed by atoms with Crippen LogP contribution in [0.1, 0.15) is 22.3 Å². The van der Waals surface area contributed by atoms with Gasteiger partial charge in [0.25, 0.3) is 0 Å². The third kappa shape index (κ3) is 2.80. The van der Waals surface area contributed by atoms with Gasteiger partial charge in [-0.05, 0) is 32.0 Å². The van der Waals surface area contributed by atoms with Gasteiger partial charge in [-0.3, -0.25) is 0 Å². The first kappa shape index (κ1) is 14.5. The van der Waals surface area contributed by atoms with Crippen molar-refractivity contribution in [3.05, 3.63) is 34.6 Å². The van der Waals surface area contributed by atoms with Crippen molar-refractivity contribution in [1.29, 1.82) is 0 Å². The van der Waals surface area contributed by atoms with Gasteiger partial charge in [0.1, 0.15) is 5.01 Å². The highest BCUT2D eigenvalue weighted by Gasteiger charge is 2.18. The second kappa shape index (κ2) is 6.00. The van der Waals surface area contributed by atoms with Gasteiger partial charge in [-0.25, -0.2) is 14.2 Å². The van der Waals surface area contributed by atoms with Crippen molar-refractivity contribution in [3.8, 4) is 16.3 Å². The second-order valence-electron chi connectivity index (χ2n) is 3.99. The molecule has 0 saturated heterocycles. The minimum Gasteiger partial charge on any atom is -0.494 e. The fourth-order valence-electron chi connectivity index (χ4n) is 1.71. The standard InChI is InChI=1S/C14H14FNO3S/c1-4-19-14(17)12-8(2)20-13(16-12)9-5-6-11(18-3)10(15)7-9/h5-7H,4H2,1-3H3. The molecule has 0 unspecified atom stereocenters. The number of nitrogens with zero attached hydrogens (tertiary/aromatic N) is 1. The fourth-order valence-corrected chi connectivity index (χ4v) is 2.61. The van der Waals surface area contributed by atoms with Crippen LogP contribution in [0.4, 0.5) is 4.39 Å². The van der Waals surface area contributed by atoms with Gasteiger partial charge in [-0.2, -0.15) is 0 Å². The van der Waals surface area contributed by atoms with Crippen molar-refractivity contribution < 1.29 is 18.7 Å². The smallest absolute Gasteiger partial charge is 0.358 e. The Kier molecular flexibility index (Phi) is 4.34. The lowest BCUT2D eigenvalue weighted by atomic mass is 10.2. The summed E-state index contributed by atoms with van der Waals surface area (Å²) in [5.74, 6) is -0.746. The van der Waals surface area contributed by atoms with Crippen LogP contribution in [0.3, 0.4) is 0 Å². The average Bonchev–Trinajstić information content (AvgIpc) is 2.81. The van der Waals surface area contributed by atoms with E-state index in [4.69, 9.17) is 9.47 Å². The fraction of sp³-hybridized carbons (Fsp3) is 0.286. The molecule has 2 rings (SSSR count). The lowest BCUT2D eigenvalue weighted by Gasteiger charge is -2.02. The third-order valence-electron chi connectivity index (χ3n) is 2.66. The van der Waals surface area contributed by atoms with E-state index in [2.05, 4.69) is 4.98 Å². The summed E-state index contributed by atoms with van der Waals surface area (Å²) in [7, 11) is 1.41. The van der Waals surface area contributed by atoms with E-state index >= 15 is 0 Å². The van der Waals surface area contributed by atoms with Gasteiger partial charge in [-0.1, -0.05) is 0 Å². The van der Waals surface area contributed by atoms with E-state index in [9.17, 15) is 9.18 Å². The Labute approximate surface area is 120 Å². The molecule has 4 nitrogen and oxygen atoms in total. The van der Waals surface area contributed by atoms with Crippen LogP contribution < -0.4 is 4.74 Å². The van der Waals surface area contributed by atoms with E-state index in [-0.39, 0.29) is 11.4 Å². The largest absolute Gasteiger partial charge is 0.494 e. The number of thiazole rings is 1. The van der Waals surface area contributed by atoms with Gasteiger partial charge in [0.05, 0.1) is 13.7 Å². The molecule has 0 saturated carbocycles. The first-order valence-electron chi connectivity index (χ1n) is 6.05. The zero-order valence-electron chi connectivity index (χ0n) is 11.4. The Bertz CT molecular complexity index is 639. The molecule has 0 amide bonds. The predicted octanol–water partition coefficient (Wildman–Crippen LogP) is 3.44. The lowest BCUT2D eigenvalue weighted by Crippen LogP contribution is -2.06. The Morgan fingerprint density at radius 2 is 2.20 bits per heavy atom. The van der Waals surface area contributed by atoms with Crippen LogP contribution >= 0.6 is 11.3 Å². The first-order chi connectivity index (χ1) is 9.56. The molecule has 0 bridgehead atoms. The number of aromatic nitrogens is 1. The molecule has 0 aliphatic rings. The molecule has 0 atom stereocenters. The number of carbonyl (C=O) groups excluding carboxylic acids is 1. The van der Waals surface area contributed by atoms with Crippen molar-refractivity contribution in [2.75, 3.05) is 13.7 Å². The quantitative estimate of drug-likeness (QED) is 0.811. The number of aryl methyl sites for hydroxylation is 1. The van der Waals surface area contributed by atoms with E-state index < -0.39 is 11.8 Å². The second-order valence-corrected chi connectivity index (χ2v) is 5.20. The molecule has 1 aromatic carbocycles. The van der Waals surface area contributed by atoms with Gasteiger partial charge in [0.2, 0.25) is 0 Å². The molecule has 1 aromatic heterocycles. The topological polar surface area (TPSA) is 48.4 Å². The van der Waals surface area contributed by atoms with Crippen LogP contribution in [0.25, 0.3) is 10.6 Å².